The summed E-state index contributed by atoms with van der Waals surface area (Å²) in [5.74, 6) is 0.00735. The lowest BCUT2D eigenvalue weighted by Crippen LogP contribution is -2.43. The molecule has 9 nitrogen and oxygen atoms in total. The lowest BCUT2D eigenvalue weighted by Gasteiger charge is -2.32. The van der Waals surface area contributed by atoms with Gasteiger partial charge in [0, 0.05) is 57.7 Å². The van der Waals surface area contributed by atoms with E-state index in [1.54, 1.807) is 23.0 Å². The maximum absolute atomic E-state index is 13.7. The van der Waals surface area contributed by atoms with Crippen molar-refractivity contribution >= 4 is 23.1 Å². The van der Waals surface area contributed by atoms with Gasteiger partial charge in [-0.3, -0.25) is 14.7 Å². The van der Waals surface area contributed by atoms with Crippen LogP contribution in [0.25, 0.3) is 17.0 Å². The second kappa shape index (κ2) is 11.1. The highest BCUT2D eigenvalue weighted by Gasteiger charge is 2.33. The average Bonchev–Trinajstić information content (AvgIpc) is 3.62. The SMILES string of the molecule is CN1CCN(Cc2cc(NC(=O)[C@@H]3CCN(c4ccc5ncc(-c6ccccn6)n5n4)C3)cc(C(F)(F)F)c2)CC1. The molecule has 2 saturated heterocycles. The number of pyridine rings is 1. The van der Waals surface area contributed by atoms with Gasteiger partial charge >= 0.3 is 6.18 Å². The van der Waals surface area contributed by atoms with Crippen LogP contribution in [0.4, 0.5) is 24.7 Å². The third-order valence-electron chi connectivity index (χ3n) is 7.75. The summed E-state index contributed by atoms with van der Waals surface area (Å²) in [6.07, 6.45) is -0.507. The largest absolute Gasteiger partial charge is 0.416 e. The van der Waals surface area contributed by atoms with E-state index >= 15 is 0 Å². The topological polar surface area (TPSA) is 81.9 Å². The molecule has 3 aromatic heterocycles. The first-order chi connectivity index (χ1) is 19.7. The van der Waals surface area contributed by atoms with Gasteiger partial charge in [-0.2, -0.15) is 13.2 Å². The molecule has 0 radical (unpaired) electrons. The molecule has 1 N–H and O–H groups in total. The molecule has 0 bridgehead atoms. The number of halogens is 3. The summed E-state index contributed by atoms with van der Waals surface area (Å²) < 4.78 is 42.9. The number of imidazole rings is 1. The van der Waals surface area contributed by atoms with Crippen LogP contribution in [-0.4, -0.2) is 81.6 Å². The van der Waals surface area contributed by atoms with E-state index < -0.39 is 11.7 Å². The van der Waals surface area contributed by atoms with Gasteiger partial charge in [0.05, 0.1) is 23.4 Å². The molecule has 6 rings (SSSR count). The Morgan fingerprint density at radius 2 is 1.85 bits per heavy atom. The zero-order chi connectivity index (χ0) is 28.6. The number of benzene rings is 1. The molecule has 1 aromatic carbocycles. The van der Waals surface area contributed by atoms with Crippen LogP contribution in [0.3, 0.4) is 0 Å². The van der Waals surface area contributed by atoms with Crippen LogP contribution in [0.15, 0.2) is 60.9 Å². The normalized spacial score (nSPS) is 18.7. The van der Waals surface area contributed by atoms with E-state index in [1.807, 2.05) is 42.3 Å². The molecule has 214 valence electrons. The van der Waals surface area contributed by atoms with Crippen molar-refractivity contribution < 1.29 is 18.0 Å². The summed E-state index contributed by atoms with van der Waals surface area (Å²) >= 11 is 0. The second-order valence-electron chi connectivity index (χ2n) is 10.7. The molecule has 0 unspecified atom stereocenters. The summed E-state index contributed by atoms with van der Waals surface area (Å²) in [5, 5.41) is 7.53. The van der Waals surface area contributed by atoms with E-state index in [0.29, 0.717) is 43.1 Å². The molecule has 41 heavy (non-hydrogen) atoms. The van der Waals surface area contributed by atoms with Crippen LogP contribution in [0.2, 0.25) is 0 Å². The Balaban J connectivity index is 1.16. The predicted octanol–water partition coefficient (Wildman–Crippen LogP) is 4.02. The summed E-state index contributed by atoms with van der Waals surface area (Å²) in [6.45, 7) is 4.72. The number of carbonyl (C=O) groups excluding carboxylic acids is 1. The quantitative estimate of drug-likeness (QED) is 0.379. The first kappa shape index (κ1) is 27.2. The number of amides is 1. The smallest absolute Gasteiger partial charge is 0.354 e. The molecule has 1 atom stereocenters. The van der Waals surface area contributed by atoms with Gasteiger partial charge in [-0.1, -0.05) is 6.07 Å². The number of nitrogens with zero attached hydrogens (tertiary/aromatic N) is 7. The Bertz CT molecular complexity index is 1530. The van der Waals surface area contributed by atoms with E-state index in [2.05, 4.69) is 25.1 Å². The predicted molar refractivity (Wildman–Crippen MR) is 149 cm³/mol. The maximum Gasteiger partial charge on any atom is 0.416 e. The van der Waals surface area contributed by atoms with Crippen molar-refractivity contribution in [2.24, 2.45) is 5.92 Å². The molecule has 1 amide bonds. The van der Waals surface area contributed by atoms with Crippen molar-refractivity contribution in [1.82, 2.24) is 29.4 Å². The van der Waals surface area contributed by atoms with Gasteiger partial charge in [0.2, 0.25) is 5.91 Å². The highest BCUT2D eigenvalue weighted by molar-refractivity contribution is 5.93. The number of aromatic nitrogens is 4. The lowest BCUT2D eigenvalue weighted by atomic mass is 10.1. The standard InChI is InChI=1S/C29H31F3N8O/c1-37-10-12-38(13-11-37)18-20-14-22(29(30,31)32)16-23(15-20)35-28(41)21-7-9-39(19-21)27-6-5-26-34-17-25(40(26)36-27)24-4-2-3-8-33-24/h2-6,8,14-17,21H,7,9-13,18-19H2,1H3,(H,35,41)/t21-/m1/s1. The minimum Gasteiger partial charge on any atom is -0.354 e. The fourth-order valence-corrected chi connectivity index (χ4v) is 5.43. The van der Waals surface area contributed by atoms with Crippen LogP contribution in [0.1, 0.15) is 17.5 Å². The zero-order valence-electron chi connectivity index (χ0n) is 22.7. The summed E-state index contributed by atoms with van der Waals surface area (Å²) in [4.78, 5) is 28.4. The second-order valence-corrected chi connectivity index (χ2v) is 10.7. The van der Waals surface area contributed by atoms with E-state index in [-0.39, 0.29) is 17.5 Å². The number of piperazine rings is 1. The first-order valence-electron chi connectivity index (χ1n) is 13.7. The van der Waals surface area contributed by atoms with Gasteiger partial charge in [0.1, 0.15) is 11.5 Å². The number of hydrogen-bond acceptors (Lipinski definition) is 7. The van der Waals surface area contributed by atoms with Gasteiger partial charge < -0.3 is 15.1 Å². The molecular weight excluding hydrogens is 533 g/mol. The van der Waals surface area contributed by atoms with Crippen molar-refractivity contribution in [3.8, 4) is 11.4 Å². The number of likely N-dealkylation sites (N-methyl/N-ethyl adjacent to an activating group) is 1. The number of anilines is 2. The molecule has 0 spiro atoms. The Hall–Kier alpha value is -4.03. The number of nitrogens with one attached hydrogen (secondary N) is 1. The number of fused-ring (bicyclic) bond motifs is 1. The van der Waals surface area contributed by atoms with Crippen molar-refractivity contribution in [2.75, 3.05) is 56.5 Å². The van der Waals surface area contributed by atoms with Gasteiger partial charge in [-0.25, -0.2) is 9.50 Å². The highest BCUT2D eigenvalue weighted by atomic mass is 19.4. The molecule has 4 aromatic rings. The van der Waals surface area contributed by atoms with Crippen molar-refractivity contribution in [3.05, 3.63) is 72.1 Å². The van der Waals surface area contributed by atoms with Crippen molar-refractivity contribution in [1.29, 1.82) is 0 Å². The molecule has 2 aliphatic rings. The van der Waals surface area contributed by atoms with E-state index in [1.165, 1.54) is 6.07 Å². The molecular formula is C29H31F3N8O. The Labute approximate surface area is 235 Å². The third kappa shape index (κ3) is 6.03. The fourth-order valence-electron chi connectivity index (χ4n) is 5.43. The van der Waals surface area contributed by atoms with Crippen LogP contribution in [0.5, 0.6) is 0 Å². The van der Waals surface area contributed by atoms with Crippen LogP contribution in [-0.2, 0) is 17.5 Å². The van der Waals surface area contributed by atoms with Crippen LogP contribution < -0.4 is 10.2 Å². The van der Waals surface area contributed by atoms with E-state index in [0.717, 1.165) is 43.6 Å². The Morgan fingerprint density at radius 1 is 1.02 bits per heavy atom. The summed E-state index contributed by atoms with van der Waals surface area (Å²) in [7, 11) is 2.03. The van der Waals surface area contributed by atoms with Crippen molar-refractivity contribution in [2.45, 2.75) is 19.1 Å². The number of hydrogen-bond donors (Lipinski definition) is 1. The van der Waals surface area contributed by atoms with Crippen LogP contribution in [0, 0.1) is 5.92 Å². The summed E-state index contributed by atoms with van der Waals surface area (Å²) in [6, 6.07) is 13.2. The van der Waals surface area contributed by atoms with Gasteiger partial charge in [0.25, 0.3) is 0 Å². The highest BCUT2D eigenvalue weighted by Crippen LogP contribution is 2.33. The molecule has 2 aliphatic heterocycles. The fraction of sp³-hybridized carbons (Fsp3) is 0.379. The monoisotopic (exact) mass is 564 g/mol. The first-order valence-corrected chi connectivity index (χ1v) is 13.7. The number of carbonyl (C=O) groups is 1. The third-order valence-corrected chi connectivity index (χ3v) is 7.75. The van der Waals surface area contributed by atoms with E-state index in [4.69, 9.17) is 5.10 Å². The van der Waals surface area contributed by atoms with Crippen LogP contribution >= 0.6 is 0 Å². The van der Waals surface area contributed by atoms with Gasteiger partial charge in [0.15, 0.2) is 5.65 Å². The Morgan fingerprint density at radius 3 is 2.61 bits per heavy atom. The zero-order valence-corrected chi connectivity index (χ0v) is 22.7. The minimum absolute atomic E-state index is 0.172. The van der Waals surface area contributed by atoms with E-state index in [9.17, 15) is 18.0 Å². The lowest BCUT2D eigenvalue weighted by molar-refractivity contribution is -0.137. The molecule has 12 heteroatoms. The van der Waals surface area contributed by atoms with Gasteiger partial charge in [-0.15, -0.1) is 5.10 Å². The maximum atomic E-state index is 13.7. The van der Waals surface area contributed by atoms with Gasteiger partial charge in [-0.05, 0) is 61.5 Å². The Kier molecular flexibility index (Phi) is 7.35. The van der Waals surface area contributed by atoms with Crippen molar-refractivity contribution in [3.63, 3.8) is 0 Å². The minimum atomic E-state index is -4.51. The average molecular weight is 565 g/mol. The number of alkyl halides is 3. The molecule has 2 fully saturated rings. The molecule has 5 heterocycles. The summed E-state index contributed by atoms with van der Waals surface area (Å²) in [5.41, 5.74) is 2.14. The molecule has 0 saturated carbocycles. The number of rotatable bonds is 6. The molecule has 0 aliphatic carbocycles.